The number of sulfonamides is 1. The number of hydrogen-bond donors (Lipinski definition) is 2. The zero-order chi connectivity index (χ0) is 12.6. The second-order valence-electron chi connectivity index (χ2n) is 4.10. The van der Waals surface area contributed by atoms with Gasteiger partial charge < -0.3 is 5.73 Å². The van der Waals surface area contributed by atoms with Crippen LogP contribution in [0.25, 0.3) is 0 Å². The van der Waals surface area contributed by atoms with Crippen LogP contribution in [-0.4, -0.2) is 20.5 Å². The van der Waals surface area contributed by atoms with Crippen molar-refractivity contribution in [2.45, 2.75) is 29.8 Å². The molecular formula is C10H12F2N2O2S. The first kappa shape index (κ1) is 12.4. The predicted octanol–water partition coefficient (Wildman–Crippen LogP) is 0.733. The molecule has 1 aromatic rings. The molecule has 3 N–H and O–H groups in total. The molecular weight excluding hydrogens is 250 g/mol. The Morgan fingerprint density at radius 3 is 2.24 bits per heavy atom. The summed E-state index contributed by atoms with van der Waals surface area (Å²) in [6.45, 7) is 0. The second kappa shape index (κ2) is 4.32. The summed E-state index contributed by atoms with van der Waals surface area (Å²) in [6.07, 6.45) is 0.963. The average molecular weight is 262 g/mol. The largest absolute Gasteiger partial charge is 0.328 e. The smallest absolute Gasteiger partial charge is 0.246 e. The van der Waals surface area contributed by atoms with E-state index in [9.17, 15) is 17.2 Å². The molecule has 0 saturated heterocycles. The molecule has 94 valence electrons. The number of benzene rings is 1. The molecule has 0 radical (unpaired) electrons. The minimum Gasteiger partial charge on any atom is -0.328 e. The Kier molecular flexibility index (Phi) is 3.15. The zero-order valence-electron chi connectivity index (χ0n) is 8.86. The third-order valence-corrected chi connectivity index (χ3v) is 4.26. The van der Waals surface area contributed by atoms with Crippen LogP contribution >= 0.6 is 0 Å². The third-order valence-electron chi connectivity index (χ3n) is 2.68. The van der Waals surface area contributed by atoms with Gasteiger partial charge in [-0.15, -0.1) is 0 Å². The molecule has 1 aliphatic carbocycles. The first-order valence-electron chi connectivity index (χ1n) is 5.12. The lowest BCUT2D eigenvalue weighted by Crippen LogP contribution is -2.50. The second-order valence-corrected chi connectivity index (χ2v) is 5.75. The summed E-state index contributed by atoms with van der Waals surface area (Å²) >= 11 is 0. The van der Waals surface area contributed by atoms with Gasteiger partial charge in [0.25, 0.3) is 0 Å². The normalized spacial score (nSPS) is 24.4. The van der Waals surface area contributed by atoms with Crippen LogP contribution in [0, 0.1) is 11.6 Å². The molecule has 0 unspecified atom stereocenters. The van der Waals surface area contributed by atoms with Crippen molar-refractivity contribution in [2.24, 2.45) is 5.73 Å². The molecule has 0 amide bonds. The van der Waals surface area contributed by atoms with E-state index in [1.807, 2.05) is 0 Å². The quantitative estimate of drug-likeness (QED) is 0.843. The Hall–Kier alpha value is -1.05. The van der Waals surface area contributed by atoms with E-state index < -0.39 is 26.6 Å². The molecule has 0 spiro atoms. The van der Waals surface area contributed by atoms with Crippen LogP contribution < -0.4 is 10.5 Å². The van der Waals surface area contributed by atoms with Crippen molar-refractivity contribution in [3.63, 3.8) is 0 Å². The van der Waals surface area contributed by atoms with Gasteiger partial charge in [0.1, 0.15) is 11.6 Å². The van der Waals surface area contributed by atoms with Crippen molar-refractivity contribution in [3.8, 4) is 0 Å². The first-order chi connectivity index (χ1) is 7.90. The highest BCUT2D eigenvalue weighted by atomic mass is 32.2. The van der Waals surface area contributed by atoms with Crippen molar-refractivity contribution in [1.29, 1.82) is 0 Å². The van der Waals surface area contributed by atoms with Crippen molar-refractivity contribution in [1.82, 2.24) is 4.72 Å². The fourth-order valence-corrected chi connectivity index (χ4v) is 3.17. The van der Waals surface area contributed by atoms with Crippen LogP contribution in [0.1, 0.15) is 12.8 Å². The molecule has 0 heterocycles. The van der Waals surface area contributed by atoms with E-state index in [0.717, 1.165) is 18.2 Å². The maximum absolute atomic E-state index is 13.3. The zero-order valence-corrected chi connectivity index (χ0v) is 9.68. The molecule has 0 atom stereocenters. The Morgan fingerprint density at radius 2 is 1.76 bits per heavy atom. The van der Waals surface area contributed by atoms with Crippen LogP contribution in [0.4, 0.5) is 8.78 Å². The highest BCUT2D eigenvalue weighted by molar-refractivity contribution is 7.89. The topological polar surface area (TPSA) is 72.2 Å². The summed E-state index contributed by atoms with van der Waals surface area (Å²) in [5.74, 6) is -2.19. The molecule has 0 bridgehead atoms. The summed E-state index contributed by atoms with van der Waals surface area (Å²) in [7, 11) is -4.16. The Bertz CT molecular complexity index is 507. The highest BCUT2D eigenvalue weighted by Crippen LogP contribution is 2.23. The minimum atomic E-state index is -4.16. The van der Waals surface area contributed by atoms with Crippen molar-refractivity contribution >= 4 is 10.0 Å². The van der Waals surface area contributed by atoms with Gasteiger partial charge in [-0.3, -0.25) is 0 Å². The third kappa shape index (κ3) is 2.46. The lowest BCUT2D eigenvalue weighted by atomic mass is 9.89. The van der Waals surface area contributed by atoms with Crippen LogP contribution in [0.15, 0.2) is 23.1 Å². The van der Waals surface area contributed by atoms with E-state index in [-0.39, 0.29) is 12.1 Å². The van der Waals surface area contributed by atoms with E-state index >= 15 is 0 Å². The predicted molar refractivity (Wildman–Crippen MR) is 57.7 cm³/mol. The minimum absolute atomic E-state index is 0.0480. The van der Waals surface area contributed by atoms with Crippen LogP contribution in [0.2, 0.25) is 0 Å². The lowest BCUT2D eigenvalue weighted by molar-refractivity contribution is 0.326. The van der Waals surface area contributed by atoms with Gasteiger partial charge in [0.15, 0.2) is 4.90 Å². The first-order valence-corrected chi connectivity index (χ1v) is 6.60. The summed E-state index contributed by atoms with van der Waals surface area (Å²) in [6, 6.07) is 2.54. The average Bonchev–Trinajstić information content (AvgIpc) is 2.14. The van der Waals surface area contributed by atoms with Gasteiger partial charge in [-0.05, 0) is 25.0 Å². The monoisotopic (exact) mass is 262 g/mol. The van der Waals surface area contributed by atoms with Gasteiger partial charge in [-0.2, -0.15) is 0 Å². The van der Waals surface area contributed by atoms with Crippen molar-refractivity contribution in [2.75, 3.05) is 0 Å². The fraction of sp³-hybridized carbons (Fsp3) is 0.400. The Morgan fingerprint density at radius 1 is 1.24 bits per heavy atom. The molecule has 2 rings (SSSR count). The van der Waals surface area contributed by atoms with E-state index in [4.69, 9.17) is 5.73 Å². The summed E-state index contributed by atoms with van der Waals surface area (Å²) in [5, 5.41) is 0. The number of nitrogens with one attached hydrogen (secondary N) is 1. The van der Waals surface area contributed by atoms with Crippen molar-refractivity contribution in [3.05, 3.63) is 29.8 Å². The Balaban J connectivity index is 2.26. The van der Waals surface area contributed by atoms with E-state index in [2.05, 4.69) is 4.72 Å². The highest BCUT2D eigenvalue weighted by Gasteiger charge is 2.32. The standard InChI is InChI=1S/C10H12F2N2O2S/c11-8-2-1-3-9(12)10(8)17(15,16)14-7-4-6(13)5-7/h1-3,6-7,14H,4-5,13H2. The molecule has 1 aromatic carbocycles. The molecule has 4 nitrogen and oxygen atoms in total. The summed E-state index contributed by atoms with van der Waals surface area (Å²) in [5.41, 5.74) is 5.50. The maximum Gasteiger partial charge on any atom is 0.246 e. The Labute approximate surface area is 97.9 Å². The van der Waals surface area contributed by atoms with Gasteiger partial charge >= 0.3 is 0 Å². The molecule has 0 aliphatic heterocycles. The summed E-state index contributed by atoms with van der Waals surface area (Å²) in [4.78, 5) is -0.930. The van der Waals surface area contributed by atoms with Gasteiger partial charge in [0.2, 0.25) is 10.0 Å². The number of halogens is 2. The molecule has 7 heteroatoms. The van der Waals surface area contributed by atoms with Crippen molar-refractivity contribution < 1.29 is 17.2 Å². The van der Waals surface area contributed by atoms with Crippen LogP contribution in [0.5, 0.6) is 0 Å². The number of nitrogens with two attached hydrogens (primary N) is 1. The van der Waals surface area contributed by atoms with Crippen LogP contribution in [0.3, 0.4) is 0 Å². The van der Waals surface area contributed by atoms with Gasteiger partial charge in [0.05, 0.1) is 0 Å². The number of hydrogen-bond acceptors (Lipinski definition) is 3. The molecule has 1 fully saturated rings. The van der Waals surface area contributed by atoms with E-state index in [0.29, 0.717) is 12.8 Å². The van der Waals surface area contributed by atoms with Crippen LogP contribution in [-0.2, 0) is 10.0 Å². The molecule has 17 heavy (non-hydrogen) atoms. The van der Waals surface area contributed by atoms with E-state index in [1.54, 1.807) is 0 Å². The molecule has 0 aromatic heterocycles. The van der Waals surface area contributed by atoms with Gasteiger partial charge in [-0.1, -0.05) is 6.07 Å². The molecule has 1 saturated carbocycles. The fourth-order valence-electron chi connectivity index (χ4n) is 1.78. The summed E-state index contributed by atoms with van der Waals surface area (Å²) < 4.78 is 52.4. The maximum atomic E-state index is 13.3. The SMILES string of the molecule is NC1CC(NS(=O)(=O)c2c(F)cccc2F)C1. The molecule has 1 aliphatic rings. The van der Waals surface area contributed by atoms with E-state index in [1.165, 1.54) is 0 Å². The lowest BCUT2D eigenvalue weighted by Gasteiger charge is -2.32. The van der Waals surface area contributed by atoms with Gasteiger partial charge in [0, 0.05) is 12.1 Å². The van der Waals surface area contributed by atoms with Gasteiger partial charge in [-0.25, -0.2) is 21.9 Å². The number of rotatable bonds is 3.